The fourth-order valence-corrected chi connectivity index (χ4v) is 4.48. The van der Waals surface area contributed by atoms with Crippen LogP contribution in [-0.4, -0.2) is 21.8 Å². The summed E-state index contributed by atoms with van der Waals surface area (Å²) in [6.45, 7) is 5.16. The van der Waals surface area contributed by atoms with E-state index in [2.05, 4.69) is 59.4 Å². The normalized spacial score (nSPS) is 16.1. The molecule has 0 saturated heterocycles. The Balaban J connectivity index is 1.66. The summed E-state index contributed by atoms with van der Waals surface area (Å²) in [5.41, 5.74) is 5.62. The van der Waals surface area contributed by atoms with E-state index >= 15 is 0 Å². The van der Waals surface area contributed by atoms with Crippen LogP contribution >= 0.6 is 0 Å². The number of aromatic nitrogens is 2. The molecule has 4 heteroatoms. The minimum atomic E-state index is 0.249. The summed E-state index contributed by atoms with van der Waals surface area (Å²) in [5.74, 6) is 1.20. The van der Waals surface area contributed by atoms with Gasteiger partial charge in [-0.25, -0.2) is 0 Å². The number of nitrogens with zero attached hydrogens (tertiary/aromatic N) is 3. The van der Waals surface area contributed by atoms with Gasteiger partial charge in [-0.05, 0) is 55.2 Å². The summed E-state index contributed by atoms with van der Waals surface area (Å²) in [6, 6.07) is 22.7. The first-order valence-corrected chi connectivity index (χ1v) is 10.0. The number of aryl methyl sites for hydroxylation is 1. The van der Waals surface area contributed by atoms with E-state index in [9.17, 15) is 5.11 Å². The molecule has 1 aliphatic rings. The van der Waals surface area contributed by atoms with Crippen LogP contribution in [0.3, 0.4) is 0 Å². The highest BCUT2D eigenvalue weighted by Crippen LogP contribution is 2.38. The fraction of sp³-hybridized carbons (Fsp3) is 0.200. The number of hydrogen-bond acceptors (Lipinski definition) is 4. The van der Waals surface area contributed by atoms with Crippen LogP contribution < -0.4 is 4.90 Å². The number of phenols is 1. The highest BCUT2D eigenvalue weighted by Gasteiger charge is 2.26. The highest BCUT2D eigenvalue weighted by atomic mass is 16.3. The lowest BCUT2D eigenvalue weighted by atomic mass is 9.93. The molecule has 2 heterocycles. The Morgan fingerprint density at radius 1 is 0.931 bits per heavy atom. The van der Waals surface area contributed by atoms with Gasteiger partial charge < -0.3 is 10.0 Å². The molecule has 0 saturated carbocycles. The molecule has 144 valence electrons. The van der Waals surface area contributed by atoms with Crippen LogP contribution in [0.5, 0.6) is 5.75 Å². The molecular weight excluding hydrogens is 358 g/mol. The van der Waals surface area contributed by atoms with E-state index in [1.54, 1.807) is 12.1 Å². The summed E-state index contributed by atoms with van der Waals surface area (Å²) in [6.07, 6.45) is 1.01. The molecule has 5 rings (SSSR count). The van der Waals surface area contributed by atoms with Gasteiger partial charge in [0, 0.05) is 22.9 Å². The lowest BCUT2D eigenvalue weighted by Gasteiger charge is -2.36. The molecule has 1 aromatic heterocycles. The second-order valence-electron chi connectivity index (χ2n) is 7.74. The molecule has 1 unspecified atom stereocenters. The third-order valence-corrected chi connectivity index (χ3v) is 6.00. The molecular formula is C25H23N3O. The second-order valence-corrected chi connectivity index (χ2v) is 7.74. The van der Waals surface area contributed by atoms with Gasteiger partial charge in [-0.3, -0.25) is 0 Å². The van der Waals surface area contributed by atoms with Crippen LogP contribution in [0.25, 0.3) is 22.0 Å². The van der Waals surface area contributed by atoms with Crippen molar-refractivity contribution in [3.8, 4) is 17.0 Å². The number of rotatable bonds is 2. The van der Waals surface area contributed by atoms with Crippen LogP contribution in [0.15, 0.2) is 66.7 Å². The lowest BCUT2D eigenvalue weighted by Crippen LogP contribution is -2.34. The van der Waals surface area contributed by atoms with E-state index < -0.39 is 0 Å². The van der Waals surface area contributed by atoms with Crippen LogP contribution in [0.1, 0.15) is 29.7 Å². The predicted molar refractivity (Wildman–Crippen MR) is 117 cm³/mol. The average molecular weight is 381 g/mol. The number of hydrogen-bond donors (Lipinski definition) is 1. The predicted octanol–water partition coefficient (Wildman–Crippen LogP) is 5.43. The average Bonchev–Trinajstić information content (AvgIpc) is 2.74. The Hall–Kier alpha value is -3.40. The first-order valence-electron chi connectivity index (χ1n) is 10.0. The van der Waals surface area contributed by atoms with Gasteiger partial charge >= 0.3 is 0 Å². The molecule has 1 aliphatic heterocycles. The third-order valence-electron chi connectivity index (χ3n) is 6.00. The van der Waals surface area contributed by atoms with Crippen molar-refractivity contribution in [1.29, 1.82) is 0 Å². The Kier molecular flexibility index (Phi) is 4.20. The van der Waals surface area contributed by atoms with Gasteiger partial charge in [0.1, 0.15) is 11.4 Å². The molecule has 0 aliphatic carbocycles. The Labute approximate surface area is 170 Å². The molecule has 1 N–H and O–H groups in total. The van der Waals surface area contributed by atoms with Crippen LogP contribution in [0, 0.1) is 6.92 Å². The van der Waals surface area contributed by atoms with Crippen molar-refractivity contribution >= 4 is 16.6 Å². The van der Waals surface area contributed by atoms with Crippen molar-refractivity contribution in [1.82, 2.24) is 10.2 Å². The van der Waals surface area contributed by atoms with Gasteiger partial charge in [0.25, 0.3) is 0 Å². The van der Waals surface area contributed by atoms with E-state index in [1.807, 2.05) is 19.1 Å². The van der Waals surface area contributed by atoms with Crippen molar-refractivity contribution in [2.45, 2.75) is 26.3 Å². The standard InChI is InChI=1S/C25H23N3O/c1-16-15-19(29)11-12-20(16)24-22-9-5-6-10-23(22)25(27-26-24)28-14-13-18-7-3-4-8-21(18)17(28)2/h3-12,15,17,29H,13-14H2,1-2H3. The number of fused-ring (bicyclic) bond motifs is 2. The first kappa shape index (κ1) is 17.7. The Bertz CT molecular complexity index is 1220. The molecule has 4 aromatic rings. The Morgan fingerprint density at radius 3 is 2.52 bits per heavy atom. The van der Waals surface area contributed by atoms with Gasteiger partial charge in [0.05, 0.1) is 6.04 Å². The largest absolute Gasteiger partial charge is 0.508 e. The third kappa shape index (κ3) is 2.92. The topological polar surface area (TPSA) is 49.3 Å². The van der Waals surface area contributed by atoms with Crippen molar-refractivity contribution < 1.29 is 5.11 Å². The maximum absolute atomic E-state index is 9.78. The van der Waals surface area contributed by atoms with Crippen molar-refractivity contribution in [3.63, 3.8) is 0 Å². The Morgan fingerprint density at radius 2 is 1.69 bits per heavy atom. The molecule has 3 aromatic carbocycles. The van der Waals surface area contributed by atoms with Crippen LogP contribution in [0.4, 0.5) is 5.82 Å². The molecule has 29 heavy (non-hydrogen) atoms. The van der Waals surface area contributed by atoms with Crippen molar-refractivity contribution in [2.24, 2.45) is 0 Å². The second kappa shape index (κ2) is 6.89. The van der Waals surface area contributed by atoms with Gasteiger partial charge in [-0.1, -0.05) is 48.5 Å². The number of benzene rings is 3. The van der Waals surface area contributed by atoms with Crippen molar-refractivity contribution in [2.75, 3.05) is 11.4 Å². The quantitative estimate of drug-likeness (QED) is 0.503. The molecule has 0 radical (unpaired) electrons. The molecule has 0 bridgehead atoms. The summed E-state index contributed by atoms with van der Waals surface area (Å²) < 4.78 is 0. The zero-order valence-corrected chi connectivity index (χ0v) is 16.6. The maximum atomic E-state index is 9.78. The summed E-state index contributed by atoms with van der Waals surface area (Å²) in [5, 5.41) is 21.3. The molecule has 0 amide bonds. The highest BCUT2D eigenvalue weighted by molar-refractivity contribution is 6.00. The first-order chi connectivity index (χ1) is 14.1. The fourth-order valence-electron chi connectivity index (χ4n) is 4.48. The summed E-state index contributed by atoms with van der Waals surface area (Å²) in [4.78, 5) is 2.37. The van der Waals surface area contributed by atoms with E-state index in [-0.39, 0.29) is 11.8 Å². The molecule has 4 nitrogen and oxygen atoms in total. The number of phenolic OH excluding ortho intramolecular Hbond substituents is 1. The van der Waals surface area contributed by atoms with E-state index in [1.165, 1.54) is 11.1 Å². The lowest BCUT2D eigenvalue weighted by molar-refractivity contribution is 0.475. The number of aromatic hydroxyl groups is 1. The zero-order valence-electron chi connectivity index (χ0n) is 16.6. The van der Waals surface area contributed by atoms with E-state index in [0.29, 0.717) is 0 Å². The van der Waals surface area contributed by atoms with Gasteiger partial charge in [-0.2, -0.15) is 0 Å². The smallest absolute Gasteiger partial charge is 0.159 e. The summed E-state index contributed by atoms with van der Waals surface area (Å²) in [7, 11) is 0. The minimum Gasteiger partial charge on any atom is -0.508 e. The summed E-state index contributed by atoms with van der Waals surface area (Å²) >= 11 is 0. The molecule has 1 atom stereocenters. The van der Waals surface area contributed by atoms with Crippen LogP contribution in [-0.2, 0) is 6.42 Å². The number of anilines is 1. The zero-order chi connectivity index (χ0) is 20.0. The van der Waals surface area contributed by atoms with Crippen molar-refractivity contribution in [3.05, 3.63) is 83.4 Å². The minimum absolute atomic E-state index is 0.249. The van der Waals surface area contributed by atoms with E-state index in [4.69, 9.17) is 5.10 Å². The SMILES string of the molecule is Cc1cc(O)ccc1-c1nnc(N2CCc3ccccc3C2C)c2ccccc12. The monoisotopic (exact) mass is 381 g/mol. The van der Waals surface area contributed by atoms with Crippen LogP contribution in [0.2, 0.25) is 0 Å². The van der Waals surface area contributed by atoms with E-state index in [0.717, 1.165) is 46.4 Å². The van der Waals surface area contributed by atoms with Gasteiger partial charge in [0.2, 0.25) is 0 Å². The molecule has 0 spiro atoms. The van der Waals surface area contributed by atoms with Gasteiger partial charge in [0.15, 0.2) is 5.82 Å². The van der Waals surface area contributed by atoms with Gasteiger partial charge in [-0.15, -0.1) is 10.2 Å². The molecule has 0 fully saturated rings. The maximum Gasteiger partial charge on any atom is 0.159 e.